The minimum atomic E-state index is -4.43. The van der Waals surface area contributed by atoms with Gasteiger partial charge in [0.2, 0.25) is 0 Å². The van der Waals surface area contributed by atoms with E-state index in [4.69, 9.17) is 4.74 Å². The Bertz CT molecular complexity index is 1010. The van der Waals surface area contributed by atoms with Gasteiger partial charge in [0.15, 0.2) is 5.78 Å². The Morgan fingerprint density at radius 3 is 2.43 bits per heavy atom. The van der Waals surface area contributed by atoms with Crippen molar-refractivity contribution >= 4 is 5.78 Å². The summed E-state index contributed by atoms with van der Waals surface area (Å²) in [6, 6.07) is 16.5. The van der Waals surface area contributed by atoms with E-state index in [-0.39, 0.29) is 12.2 Å². The Balaban J connectivity index is 1.92. The first-order valence-electron chi connectivity index (χ1n) is 9.75. The van der Waals surface area contributed by atoms with E-state index in [0.717, 1.165) is 35.5 Å². The molecule has 0 saturated carbocycles. The zero-order chi connectivity index (χ0) is 21.7. The number of carbonyl (C=O) groups is 1. The molecule has 0 amide bonds. The maximum Gasteiger partial charge on any atom is 0.416 e. The summed E-state index contributed by atoms with van der Waals surface area (Å²) in [6.07, 6.45) is -3.73. The quantitative estimate of drug-likeness (QED) is 0.337. The fraction of sp³-hybridized carbons (Fsp3) is 0.292. The highest BCUT2D eigenvalue weighted by molar-refractivity contribution is 6.00. The average molecular weight is 415 g/mol. The second-order valence-electron chi connectivity index (χ2n) is 7.19. The van der Waals surface area contributed by atoms with Gasteiger partial charge in [0.05, 0.1) is 5.56 Å². The van der Waals surface area contributed by atoms with Gasteiger partial charge in [-0.25, -0.2) is 0 Å². The number of nitrogens with zero attached hydrogens (tertiary/aromatic N) is 1. The molecule has 3 aromatic rings. The van der Waals surface area contributed by atoms with Gasteiger partial charge in [0.25, 0.3) is 0 Å². The summed E-state index contributed by atoms with van der Waals surface area (Å²) in [4.78, 5) is 13.0. The Labute approximate surface area is 174 Å². The van der Waals surface area contributed by atoms with Crippen LogP contribution in [0.15, 0.2) is 60.7 Å². The normalized spacial score (nSPS) is 11.6. The Kier molecular flexibility index (Phi) is 6.77. The van der Waals surface area contributed by atoms with E-state index in [1.807, 2.05) is 43.3 Å². The second kappa shape index (κ2) is 9.30. The number of methoxy groups -OCH3 is 1. The number of ether oxygens (including phenoxy) is 1. The largest absolute Gasteiger partial charge is 0.416 e. The monoisotopic (exact) mass is 415 g/mol. The highest BCUT2D eigenvalue weighted by Crippen LogP contribution is 2.31. The summed E-state index contributed by atoms with van der Waals surface area (Å²) < 4.78 is 46.2. The number of hydrogen-bond donors (Lipinski definition) is 0. The van der Waals surface area contributed by atoms with E-state index in [9.17, 15) is 18.0 Å². The minimum Gasteiger partial charge on any atom is -0.385 e. The van der Waals surface area contributed by atoms with Crippen LogP contribution >= 0.6 is 0 Å². The van der Waals surface area contributed by atoms with Crippen molar-refractivity contribution in [1.29, 1.82) is 0 Å². The van der Waals surface area contributed by atoms with Crippen LogP contribution in [0.25, 0.3) is 11.3 Å². The van der Waals surface area contributed by atoms with Gasteiger partial charge in [-0.15, -0.1) is 0 Å². The number of Topliss-reactive ketones (excluding diaryl/α,β-unsaturated/α-hetero) is 1. The van der Waals surface area contributed by atoms with Crippen LogP contribution in [0.1, 0.15) is 33.6 Å². The van der Waals surface area contributed by atoms with Crippen LogP contribution in [-0.2, 0) is 23.9 Å². The summed E-state index contributed by atoms with van der Waals surface area (Å²) in [6.45, 7) is 3.15. The van der Waals surface area contributed by atoms with Crippen molar-refractivity contribution in [2.45, 2.75) is 32.5 Å². The SMILES string of the molecule is COCCCn1c(-c2ccccc2)cc(C(=O)Cc2cccc(C(F)(F)F)c2)c1C. The molecule has 30 heavy (non-hydrogen) atoms. The zero-order valence-electron chi connectivity index (χ0n) is 17.0. The van der Waals surface area contributed by atoms with Gasteiger partial charge >= 0.3 is 6.18 Å². The van der Waals surface area contributed by atoms with Gasteiger partial charge in [0.1, 0.15) is 0 Å². The summed E-state index contributed by atoms with van der Waals surface area (Å²) in [5.41, 5.74) is 2.84. The van der Waals surface area contributed by atoms with Crippen LogP contribution < -0.4 is 0 Å². The van der Waals surface area contributed by atoms with E-state index in [1.165, 1.54) is 6.07 Å². The number of benzene rings is 2. The van der Waals surface area contributed by atoms with Crippen LogP contribution in [0, 0.1) is 6.92 Å². The lowest BCUT2D eigenvalue weighted by Crippen LogP contribution is -2.10. The number of rotatable bonds is 8. The molecule has 0 unspecified atom stereocenters. The zero-order valence-corrected chi connectivity index (χ0v) is 17.0. The molecule has 0 radical (unpaired) electrons. The highest BCUT2D eigenvalue weighted by Gasteiger charge is 2.30. The molecule has 3 nitrogen and oxygen atoms in total. The number of ketones is 1. The molecule has 158 valence electrons. The summed E-state index contributed by atoms with van der Waals surface area (Å²) >= 11 is 0. The molecule has 2 aromatic carbocycles. The molecule has 0 saturated heterocycles. The maximum atomic E-state index is 13.0. The van der Waals surface area contributed by atoms with Crippen molar-refractivity contribution in [2.75, 3.05) is 13.7 Å². The van der Waals surface area contributed by atoms with E-state index in [1.54, 1.807) is 13.2 Å². The lowest BCUT2D eigenvalue weighted by molar-refractivity contribution is -0.137. The van der Waals surface area contributed by atoms with Crippen molar-refractivity contribution < 1.29 is 22.7 Å². The minimum absolute atomic E-state index is 0.0823. The van der Waals surface area contributed by atoms with Gasteiger partial charge < -0.3 is 9.30 Å². The first kappa shape index (κ1) is 21.8. The van der Waals surface area contributed by atoms with Gasteiger partial charge in [-0.05, 0) is 36.6 Å². The molecule has 6 heteroatoms. The Morgan fingerprint density at radius 2 is 1.77 bits per heavy atom. The third kappa shape index (κ3) is 5.00. The van der Waals surface area contributed by atoms with Crippen LogP contribution in [0.3, 0.4) is 0 Å². The fourth-order valence-corrected chi connectivity index (χ4v) is 3.57. The number of halogens is 3. The maximum absolute atomic E-state index is 13.0. The van der Waals surface area contributed by atoms with Crippen LogP contribution in [0.4, 0.5) is 13.2 Å². The van der Waals surface area contributed by atoms with E-state index < -0.39 is 11.7 Å². The van der Waals surface area contributed by atoms with Crippen molar-refractivity contribution in [3.05, 3.63) is 83.0 Å². The molecule has 1 heterocycles. The molecule has 3 rings (SSSR count). The number of carbonyl (C=O) groups excluding carboxylic acids is 1. The van der Waals surface area contributed by atoms with Gasteiger partial charge in [-0.2, -0.15) is 13.2 Å². The summed E-state index contributed by atoms with van der Waals surface area (Å²) in [7, 11) is 1.64. The van der Waals surface area contributed by atoms with Crippen LogP contribution in [-0.4, -0.2) is 24.1 Å². The molecular weight excluding hydrogens is 391 g/mol. The molecule has 1 aromatic heterocycles. The second-order valence-corrected chi connectivity index (χ2v) is 7.19. The van der Waals surface area contributed by atoms with E-state index in [2.05, 4.69) is 4.57 Å². The molecule has 0 atom stereocenters. The molecule has 0 spiro atoms. The van der Waals surface area contributed by atoms with Crippen LogP contribution in [0.2, 0.25) is 0 Å². The van der Waals surface area contributed by atoms with Gasteiger partial charge in [-0.3, -0.25) is 4.79 Å². The first-order chi connectivity index (χ1) is 14.3. The Morgan fingerprint density at radius 1 is 1.03 bits per heavy atom. The lowest BCUT2D eigenvalue weighted by Gasteiger charge is -2.12. The third-order valence-electron chi connectivity index (χ3n) is 5.09. The molecule has 0 bridgehead atoms. The van der Waals surface area contributed by atoms with Gasteiger partial charge in [-0.1, -0.05) is 48.5 Å². The van der Waals surface area contributed by atoms with E-state index in [0.29, 0.717) is 24.3 Å². The molecular formula is C24H24F3NO2. The Hall–Kier alpha value is -2.86. The predicted molar refractivity (Wildman–Crippen MR) is 111 cm³/mol. The van der Waals surface area contributed by atoms with Crippen molar-refractivity contribution in [3.63, 3.8) is 0 Å². The van der Waals surface area contributed by atoms with Crippen molar-refractivity contribution in [2.24, 2.45) is 0 Å². The third-order valence-corrected chi connectivity index (χ3v) is 5.09. The molecule has 0 aliphatic heterocycles. The van der Waals surface area contributed by atoms with Crippen LogP contribution in [0.5, 0.6) is 0 Å². The predicted octanol–water partition coefficient (Wildman–Crippen LogP) is 5.94. The molecule has 0 N–H and O–H groups in total. The lowest BCUT2D eigenvalue weighted by atomic mass is 10.0. The van der Waals surface area contributed by atoms with Crippen molar-refractivity contribution in [3.8, 4) is 11.3 Å². The number of aromatic nitrogens is 1. The average Bonchev–Trinajstić information content (AvgIpc) is 3.05. The molecule has 0 aliphatic carbocycles. The standard InChI is InChI=1S/C24H24F3NO2/c1-17-21(23(29)15-18-8-6-11-20(14-18)24(25,26)27)16-22(19-9-4-3-5-10-19)28(17)12-7-13-30-2/h3-6,8-11,14,16H,7,12-13,15H2,1-2H3. The van der Waals surface area contributed by atoms with Gasteiger partial charge in [0, 0.05) is 43.6 Å². The highest BCUT2D eigenvalue weighted by atomic mass is 19.4. The van der Waals surface area contributed by atoms with Crippen molar-refractivity contribution in [1.82, 2.24) is 4.57 Å². The summed E-state index contributed by atoms with van der Waals surface area (Å²) in [5.74, 6) is -0.200. The molecule has 0 aliphatic rings. The smallest absolute Gasteiger partial charge is 0.385 e. The molecule has 0 fully saturated rings. The number of hydrogen-bond acceptors (Lipinski definition) is 2. The fourth-order valence-electron chi connectivity index (χ4n) is 3.57. The number of alkyl halides is 3. The summed E-state index contributed by atoms with van der Waals surface area (Å²) in [5, 5.41) is 0. The first-order valence-corrected chi connectivity index (χ1v) is 9.75. The van der Waals surface area contributed by atoms with E-state index >= 15 is 0 Å². The topological polar surface area (TPSA) is 31.2 Å².